The van der Waals surface area contributed by atoms with Gasteiger partial charge in [-0.05, 0) is 31.7 Å². The molecule has 0 spiro atoms. The first-order valence-corrected chi connectivity index (χ1v) is 9.61. The molecule has 2 aliphatic rings. The molecule has 2 aliphatic heterocycles. The van der Waals surface area contributed by atoms with Gasteiger partial charge in [-0.1, -0.05) is 29.8 Å². The zero-order chi connectivity index (χ0) is 19.9. The van der Waals surface area contributed by atoms with Crippen LogP contribution in [-0.2, 0) is 0 Å². The number of fused-ring (bicyclic) bond motifs is 1. The van der Waals surface area contributed by atoms with E-state index >= 15 is 0 Å². The van der Waals surface area contributed by atoms with Crippen LogP contribution in [0.3, 0.4) is 0 Å². The van der Waals surface area contributed by atoms with Gasteiger partial charge in [-0.25, -0.2) is 4.68 Å². The maximum Gasteiger partial charge on any atom is 0.410 e. The Hall–Kier alpha value is -2.51. The zero-order valence-corrected chi connectivity index (χ0v) is 15.7. The minimum atomic E-state index is -4.45. The highest BCUT2D eigenvalue weighted by Crippen LogP contribution is 2.43. The Labute approximate surface area is 161 Å². The summed E-state index contributed by atoms with van der Waals surface area (Å²) in [6, 6.07) is 6.65. The van der Waals surface area contributed by atoms with Crippen molar-refractivity contribution < 1.29 is 18.0 Å². The zero-order valence-electron chi connectivity index (χ0n) is 15.7. The molecule has 4 rings (SSSR count). The van der Waals surface area contributed by atoms with Gasteiger partial charge >= 0.3 is 6.18 Å². The van der Waals surface area contributed by atoms with Gasteiger partial charge < -0.3 is 10.2 Å². The molecular formula is C20H23F3N4O. The van der Waals surface area contributed by atoms with Gasteiger partial charge in [-0.2, -0.15) is 18.3 Å². The Morgan fingerprint density at radius 1 is 1.14 bits per heavy atom. The van der Waals surface area contributed by atoms with Crippen molar-refractivity contribution in [2.45, 2.75) is 50.9 Å². The van der Waals surface area contributed by atoms with E-state index in [9.17, 15) is 18.0 Å². The maximum atomic E-state index is 13.8. The minimum absolute atomic E-state index is 0.0724. The van der Waals surface area contributed by atoms with Crippen LogP contribution >= 0.6 is 0 Å². The van der Waals surface area contributed by atoms with Crippen molar-refractivity contribution >= 4 is 11.7 Å². The molecule has 1 amide bonds. The van der Waals surface area contributed by atoms with E-state index in [1.54, 1.807) is 4.90 Å². The number of amides is 1. The number of carbonyl (C=O) groups is 1. The van der Waals surface area contributed by atoms with Crippen molar-refractivity contribution in [3.63, 3.8) is 0 Å². The molecule has 8 heteroatoms. The van der Waals surface area contributed by atoms with E-state index in [0.717, 1.165) is 35.1 Å². The topological polar surface area (TPSA) is 50.2 Å². The second-order valence-corrected chi connectivity index (χ2v) is 7.61. The van der Waals surface area contributed by atoms with Crippen LogP contribution in [-0.4, -0.2) is 39.9 Å². The summed E-state index contributed by atoms with van der Waals surface area (Å²) in [6.07, 6.45) is -1.72. The summed E-state index contributed by atoms with van der Waals surface area (Å²) in [4.78, 5) is 14.4. The predicted octanol–water partition coefficient (Wildman–Crippen LogP) is 4.48. The van der Waals surface area contributed by atoms with Crippen LogP contribution in [0.5, 0.6) is 0 Å². The van der Waals surface area contributed by atoms with Gasteiger partial charge in [0.15, 0.2) is 11.7 Å². The molecule has 3 heterocycles. The molecule has 0 aliphatic carbocycles. The molecule has 1 saturated heterocycles. The number of nitrogens with one attached hydrogen (secondary N) is 1. The first-order chi connectivity index (χ1) is 13.3. The Balaban J connectivity index is 1.65. The molecular weight excluding hydrogens is 369 g/mol. The normalized spacial score (nSPS) is 22.5. The molecule has 5 nitrogen and oxygen atoms in total. The van der Waals surface area contributed by atoms with E-state index in [4.69, 9.17) is 0 Å². The van der Waals surface area contributed by atoms with Gasteiger partial charge in [0.1, 0.15) is 5.82 Å². The number of anilines is 1. The van der Waals surface area contributed by atoms with Crippen molar-refractivity contribution in [2.75, 3.05) is 18.4 Å². The number of halogens is 3. The number of rotatable bonds is 2. The van der Waals surface area contributed by atoms with E-state index in [2.05, 4.69) is 10.4 Å². The average molecular weight is 392 g/mol. The van der Waals surface area contributed by atoms with E-state index in [0.29, 0.717) is 13.1 Å². The van der Waals surface area contributed by atoms with Crippen LogP contribution in [0.1, 0.15) is 59.4 Å². The smallest absolute Gasteiger partial charge is 0.363 e. The van der Waals surface area contributed by atoms with Crippen molar-refractivity contribution in [2.24, 2.45) is 0 Å². The number of benzene rings is 1. The summed E-state index contributed by atoms with van der Waals surface area (Å²) < 4.78 is 42.2. The highest BCUT2D eigenvalue weighted by Gasteiger charge is 2.47. The van der Waals surface area contributed by atoms with E-state index in [1.807, 2.05) is 31.2 Å². The highest BCUT2D eigenvalue weighted by atomic mass is 19.4. The fraction of sp³-hybridized carbons (Fsp3) is 0.500. The molecule has 0 radical (unpaired) electrons. The largest absolute Gasteiger partial charge is 0.410 e. The Morgan fingerprint density at radius 2 is 1.82 bits per heavy atom. The van der Waals surface area contributed by atoms with Gasteiger partial charge in [0.05, 0.1) is 6.04 Å². The molecule has 0 saturated carbocycles. The lowest BCUT2D eigenvalue weighted by atomic mass is 9.96. The van der Waals surface area contributed by atoms with Gasteiger partial charge in [-0.15, -0.1) is 0 Å². The number of carbonyl (C=O) groups excluding carboxylic acids is 1. The first-order valence-electron chi connectivity index (χ1n) is 9.61. The number of hydrogen-bond donors (Lipinski definition) is 1. The average Bonchev–Trinajstić information content (AvgIpc) is 3.11. The monoisotopic (exact) mass is 392 g/mol. The molecule has 0 bridgehead atoms. The molecule has 2 aromatic rings. The Morgan fingerprint density at radius 3 is 2.46 bits per heavy atom. The van der Waals surface area contributed by atoms with Crippen molar-refractivity contribution in [3.05, 3.63) is 47.2 Å². The van der Waals surface area contributed by atoms with Crippen molar-refractivity contribution in [3.8, 4) is 0 Å². The summed E-state index contributed by atoms with van der Waals surface area (Å²) in [5, 5.41) is 7.20. The minimum Gasteiger partial charge on any atom is -0.363 e. The molecule has 1 aromatic carbocycles. The molecule has 0 unspecified atom stereocenters. The lowest BCUT2D eigenvalue weighted by molar-refractivity contribution is -0.173. The van der Waals surface area contributed by atoms with Crippen LogP contribution in [0.2, 0.25) is 0 Å². The third-order valence-electron chi connectivity index (χ3n) is 5.53. The molecule has 1 N–H and O–H groups in total. The summed E-state index contributed by atoms with van der Waals surface area (Å²) >= 11 is 0. The predicted molar refractivity (Wildman–Crippen MR) is 99.2 cm³/mol. The van der Waals surface area contributed by atoms with E-state index < -0.39 is 18.3 Å². The van der Waals surface area contributed by atoms with Crippen LogP contribution in [0.15, 0.2) is 30.3 Å². The Kier molecular flexibility index (Phi) is 4.81. The van der Waals surface area contributed by atoms with Crippen LogP contribution in [0.25, 0.3) is 0 Å². The highest BCUT2D eigenvalue weighted by molar-refractivity contribution is 5.93. The SMILES string of the molecule is Cc1ccc([C@H]2C[C@@H](C(F)(F)F)n3nc(C(=O)N4CCCCC4)cc3N2)cc1. The van der Waals surface area contributed by atoms with Gasteiger partial charge in [0.2, 0.25) is 0 Å². The lowest BCUT2D eigenvalue weighted by Crippen LogP contribution is -2.37. The standard InChI is InChI=1S/C20H23F3N4O/c1-13-5-7-14(8-6-13)15-11-17(20(21,22)23)27-18(24-15)12-16(25-27)19(28)26-9-3-2-4-10-26/h5-8,12,15,17,24H,2-4,9-11H2,1H3/t15-,17+/m1/s1. The summed E-state index contributed by atoms with van der Waals surface area (Å²) in [5.74, 6) is -0.0595. The van der Waals surface area contributed by atoms with Gasteiger partial charge in [0.25, 0.3) is 5.91 Å². The molecule has 1 aromatic heterocycles. The number of aromatic nitrogens is 2. The van der Waals surface area contributed by atoms with Crippen LogP contribution in [0, 0.1) is 6.92 Å². The van der Waals surface area contributed by atoms with E-state index in [-0.39, 0.29) is 23.8 Å². The lowest BCUT2D eigenvalue weighted by Gasteiger charge is -2.33. The number of piperidine rings is 1. The number of hydrogen-bond acceptors (Lipinski definition) is 3. The van der Waals surface area contributed by atoms with E-state index in [1.165, 1.54) is 6.07 Å². The maximum absolute atomic E-state index is 13.8. The van der Waals surface area contributed by atoms with Crippen molar-refractivity contribution in [1.82, 2.24) is 14.7 Å². The number of alkyl halides is 3. The van der Waals surface area contributed by atoms with Gasteiger partial charge in [0, 0.05) is 25.6 Å². The molecule has 1 fully saturated rings. The van der Waals surface area contributed by atoms with Crippen molar-refractivity contribution in [1.29, 1.82) is 0 Å². The fourth-order valence-electron chi connectivity index (χ4n) is 3.95. The second kappa shape index (κ2) is 7.14. The number of nitrogens with zero attached hydrogens (tertiary/aromatic N) is 3. The number of aryl methyl sites for hydroxylation is 1. The third kappa shape index (κ3) is 3.59. The summed E-state index contributed by atoms with van der Waals surface area (Å²) in [7, 11) is 0. The van der Waals surface area contributed by atoms with Crippen LogP contribution in [0.4, 0.5) is 19.0 Å². The molecule has 150 valence electrons. The molecule has 28 heavy (non-hydrogen) atoms. The number of likely N-dealkylation sites (tertiary alicyclic amines) is 1. The fourth-order valence-corrected chi connectivity index (χ4v) is 3.95. The summed E-state index contributed by atoms with van der Waals surface area (Å²) in [5.41, 5.74) is 1.91. The van der Waals surface area contributed by atoms with Gasteiger partial charge in [-0.3, -0.25) is 4.79 Å². The second-order valence-electron chi connectivity index (χ2n) is 7.61. The first kappa shape index (κ1) is 18.8. The van der Waals surface area contributed by atoms with Crippen LogP contribution < -0.4 is 5.32 Å². The Bertz CT molecular complexity index is 853. The summed E-state index contributed by atoms with van der Waals surface area (Å²) in [6.45, 7) is 3.19. The molecule has 2 atom stereocenters. The third-order valence-corrected chi connectivity index (χ3v) is 5.53. The quantitative estimate of drug-likeness (QED) is 0.820.